The Morgan fingerprint density at radius 1 is 0.607 bits per heavy atom. The molecule has 5 rings (SSSR count). The maximum atomic E-state index is 4.84. The van der Waals surface area contributed by atoms with Crippen molar-refractivity contribution in [1.82, 2.24) is 15.0 Å². The fraction of sp³-hybridized carbons (Fsp3) is 0.160. The molecular weight excluding hydrogens is 342 g/mol. The van der Waals surface area contributed by atoms with E-state index in [0.29, 0.717) is 12.8 Å². The Kier molecular flexibility index (Phi) is 4.01. The molecule has 0 N–H and O–H groups in total. The van der Waals surface area contributed by atoms with Gasteiger partial charge in [-0.2, -0.15) is 0 Å². The highest BCUT2D eigenvalue weighted by Gasteiger charge is 2.17. The quantitative estimate of drug-likeness (QED) is 0.405. The van der Waals surface area contributed by atoms with Gasteiger partial charge in [0.05, 0.1) is 0 Å². The molecule has 4 aromatic rings. The van der Waals surface area contributed by atoms with Crippen LogP contribution in [0.25, 0.3) is 22.5 Å². The zero-order valence-electron chi connectivity index (χ0n) is 16.1. The minimum absolute atomic E-state index is 0.706. The van der Waals surface area contributed by atoms with Crippen LogP contribution in [0.1, 0.15) is 33.9 Å². The molecule has 0 aliphatic carbocycles. The predicted octanol–water partition coefficient (Wildman–Crippen LogP) is 5.32. The van der Waals surface area contributed by atoms with Crippen molar-refractivity contribution in [3.05, 3.63) is 101 Å². The van der Waals surface area contributed by atoms with Crippen molar-refractivity contribution in [3.63, 3.8) is 0 Å². The average molecular weight is 363 g/mol. The van der Waals surface area contributed by atoms with E-state index in [2.05, 4.69) is 80.6 Å². The largest absolute Gasteiger partial charge is 0.217 e. The lowest BCUT2D eigenvalue weighted by Gasteiger charge is -2.11. The first-order valence-electron chi connectivity index (χ1n) is 9.64. The standard InChI is InChI=1S/C25H21N3/c1-16-11-17(2)13-20(12-16)25-27-23-14-18-7-3-5-9-21(18)22-10-6-4-8-19(22)15-24(26-23)28-25/h3-13H,14-15H2,1-2H3. The molecule has 1 aliphatic heterocycles. The molecule has 0 amide bonds. The summed E-state index contributed by atoms with van der Waals surface area (Å²) in [6.45, 7) is 4.22. The maximum absolute atomic E-state index is 4.84. The van der Waals surface area contributed by atoms with Crippen LogP contribution in [0.5, 0.6) is 0 Å². The SMILES string of the molecule is Cc1cc(C)cc(-c2nc3nc(n2)Cc2ccccc2-c2ccccc2C3)c1. The summed E-state index contributed by atoms with van der Waals surface area (Å²) in [4.78, 5) is 14.5. The van der Waals surface area contributed by atoms with Crippen LogP contribution < -0.4 is 0 Å². The maximum Gasteiger partial charge on any atom is 0.163 e. The second kappa shape index (κ2) is 6.68. The summed E-state index contributed by atoms with van der Waals surface area (Å²) in [5.74, 6) is 2.43. The van der Waals surface area contributed by atoms with E-state index in [9.17, 15) is 0 Å². The van der Waals surface area contributed by atoms with Crippen LogP contribution in [-0.2, 0) is 12.8 Å². The molecule has 0 atom stereocenters. The van der Waals surface area contributed by atoms with Gasteiger partial charge >= 0.3 is 0 Å². The van der Waals surface area contributed by atoms with E-state index in [0.717, 1.165) is 23.0 Å². The zero-order valence-corrected chi connectivity index (χ0v) is 16.1. The average Bonchev–Trinajstić information content (AvgIpc) is 2.72. The Morgan fingerprint density at radius 2 is 1.11 bits per heavy atom. The number of hydrogen-bond donors (Lipinski definition) is 0. The highest BCUT2D eigenvalue weighted by Crippen LogP contribution is 2.31. The number of benzene rings is 3. The molecule has 0 unspecified atom stereocenters. The Balaban J connectivity index is 1.72. The molecule has 1 aromatic heterocycles. The first-order valence-corrected chi connectivity index (χ1v) is 9.64. The van der Waals surface area contributed by atoms with Gasteiger partial charge in [-0.15, -0.1) is 0 Å². The van der Waals surface area contributed by atoms with Crippen molar-refractivity contribution in [2.45, 2.75) is 26.7 Å². The first-order chi connectivity index (χ1) is 13.7. The van der Waals surface area contributed by atoms with Crippen molar-refractivity contribution in [3.8, 4) is 22.5 Å². The third kappa shape index (κ3) is 3.09. The molecule has 1 aliphatic rings. The fourth-order valence-corrected chi connectivity index (χ4v) is 4.07. The Morgan fingerprint density at radius 3 is 1.64 bits per heavy atom. The zero-order chi connectivity index (χ0) is 19.1. The monoisotopic (exact) mass is 363 g/mol. The number of rotatable bonds is 1. The lowest BCUT2D eigenvalue weighted by atomic mass is 9.93. The van der Waals surface area contributed by atoms with Crippen LogP contribution in [0.2, 0.25) is 0 Å². The Labute approximate surface area is 165 Å². The summed E-state index contributed by atoms with van der Waals surface area (Å²) in [5.41, 5.74) is 8.52. The van der Waals surface area contributed by atoms with Crippen LogP contribution in [0.4, 0.5) is 0 Å². The van der Waals surface area contributed by atoms with E-state index in [1.54, 1.807) is 0 Å². The van der Waals surface area contributed by atoms with Gasteiger partial charge in [0.15, 0.2) is 5.82 Å². The third-order valence-electron chi connectivity index (χ3n) is 5.23. The molecule has 0 saturated carbocycles. The van der Waals surface area contributed by atoms with Crippen LogP contribution in [0.15, 0.2) is 66.7 Å². The molecule has 3 heteroatoms. The van der Waals surface area contributed by atoms with Crippen molar-refractivity contribution in [2.24, 2.45) is 0 Å². The third-order valence-corrected chi connectivity index (χ3v) is 5.23. The molecule has 28 heavy (non-hydrogen) atoms. The van der Waals surface area contributed by atoms with Crippen LogP contribution >= 0.6 is 0 Å². The molecule has 0 fully saturated rings. The lowest BCUT2D eigenvalue weighted by Crippen LogP contribution is -2.06. The molecular formula is C25H21N3. The van der Waals surface area contributed by atoms with Crippen molar-refractivity contribution < 1.29 is 0 Å². The fourth-order valence-electron chi connectivity index (χ4n) is 4.07. The summed E-state index contributed by atoms with van der Waals surface area (Å²) >= 11 is 0. The van der Waals surface area contributed by atoms with E-state index in [-0.39, 0.29) is 0 Å². The molecule has 3 nitrogen and oxygen atoms in total. The summed E-state index contributed by atoms with van der Waals surface area (Å²) in [6, 6.07) is 23.6. The lowest BCUT2D eigenvalue weighted by molar-refractivity contribution is 0.861. The summed E-state index contributed by atoms with van der Waals surface area (Å²) in [5, 5.41) is 0. The second-order valence-corrected chi connectivity index (χ2v) is 7.54. The van der Waals surface area contributed by atoms with Crippen LogP contribution in [0.3, 0.4) is 0 Å². The van der Waals surface area contributed by atoms with Gasteiger partial charge in [-0.05, 0) is 48.2 Å². The van der Waals surface area contributed by atoms with Gasteiger partial charge < -0.3 is 0 Å². The van der Waals surface area contributed by atoms with Crippen molar-refractivity contribution in [1.29, 1.82) is 0 Å². The van der Waals surface area contributed by atoms with E-state index >= 15 is 0 Å². The molecule has 0 radical (unpaired) electrons. The molecule has 0 spiro atoms. The van der Waals surface area contributed by atoms with Crippen LogP contribution in [-0.4, -0.2) is 15.0 Å². The van der Waals surface area contributed by atoms with E-state index in [1.165, 1.54) is 33.4 Å². The van der Waals surface area contributed by atoms with Gasteiger partial charge in [0.25, 0.3) is 0 Å². The minimum atomic E-state index is 0.706. The topological polar surface area (TPSA) is 38.7 Å². The summed E-state index contributed by atoms with van der Waals surface area (Å²) in [6.07, 6.45) is 1.41. The van der Waals surface area contributed by atoms with Gasteiger partial charge in [-0.3, -0.25) is 0 Å². The molecule has 2 bridgehead atoms. The number of nitrogens with zero attached hydrogens (tertiary/aromatic N) is 3. The van der Waals surface area contributed by atoms with Crippen molar-refractivity contribution >= 4 is 0 Å². The van der Waals surface area contributed by atoms with E-state index in [1.807, 2.05) is 0 Å². The molecule has 2 heterocycles. The van der Waals surface area contributed by atoms with Gasteiger partial charge in [0.2, 0.25) is 0 Å². The Bertz CT molecular complexity index is 1110. The number of fused-ring (bicyclic) bond motifs is 5. The van der Waals surface area contributed by atoms with E-state index in [4.69, 9.17) is 15.0 Å². The first kappa shape index (κ1) is 16.8. The summed E-state index contributed by atoms with van der Waals surface area (Å²) < 4.78 is 0. The summed E-state index contributed by atoms with van der Waals surface area (Å²) in [7, 11) is 0. The second-order valence-electron chi connectivity index (χ2n) is 7.54. The van der Waals surface area contributed by atoms with Gasteiger partial charge in [0.1, 0.15) is 11.6 Å². The van der Waals surface area contributed by atoms with Gasteiger partial charge in [-0.25, -0.2) is 15.0 Å². The smallest absolute Gasteiger partial charge is 0.163 e. The van der Waals surface area contributed by atoms with Crippen molar-refractivity contribution in [2.75, 3.05) is 0 Å². The van der Waals surface area contributed by atoms with E-state index < -0.39 is 0 Å². The molecule has 136 valence electrons. The molecule has 0 saturated heterocycles. The predicted molar refractivity (Wildman–Crippen MR) is 112 cm³/mol. The van der Waals surface area contributed by atoms with Crippen LogP contribution in [0, 0.1) is 13.8 Å². The number of hydrogen-bond acceptors (Lipinski definition) is 3. The highest BCUT2D eigenvalue weighted by molar-refractivity contribution is 5.72. The number of aromatic nitrogens is 3. The van der Waals surface area contributed by atoms with Gasteiger partial charge in [-0.1, -0.05) is 65.7 Å². The van der Waals surface area contributed by atoms with Gasteiger partial charge in [0, 0.05) is 18.4 Å². The normalized spacial score (nSPS) is 12.4. The molecule has 3 aromatic carbocycles. The number of aryl methyl sites for hydroxylation is 2. The minimum Gasteiger partial charge on any atom is -0.217 e. The Hall–Kier alpha value is -3.33. The highest BCUT2D eigenvalue weighted by atomic mass is 15.0.